The molecule has 0 aromatic rings. The zero-order valence-corrected chi connectivity index (χ0v) is 17.0. The van der Waals surface area contributed by atoms with Crippen molar-refractivity contribution in [1.82, 2.24) is 4.90 Å². The zero-order valence-electron chi connectivity index (χ0n) is 17.0. The maximum absolute atomic E-state index is 8.58. The lowest BCUT2D eigenvalue weighted by Crippen LogP contribution is -2.27. The average Bonchev–Trinajstić information content (AvgIpc) is 2.62. The van der Waals surface area contributed by atoms with Gasteiger partial charge in [0, 0.05) is 6.42 Å². The summed E-state index contributed by atoms with van der Waals surface area (Å²) >= 11 is 0. The van der Waals surface area contributed by atoms with Crippen LogP contribution in [0.1, 0.15) is 104 Å². The second kappa shape index (κ2) is 24.7. The third-order valence-electron chi connectivity index (χ3n) is 4.27. The van der Waals surface area contributed by atoms with Gasteiger partial charge in [-0.3, -0.25) is 0 Å². The van der Waals surface area contributed by atoms with Crippen LogP contribution < -0.4 is 5.73 Å². The van der Waals surface area contributed by atoms with Crippen molar-refractivity contribution in [2.24, 2.45) is 5.73 Å². The molecule has 0 aromatic heterocycles. The van der Waals surface area contributed by atoms with Crippen LogP contribution in [0.25, 0.3) is 0 Å². The molecule has 0 aliphatic carbocycles. The Bertz CT molecular complexity index is 248. The van der Waals surface area contributed by atoms with E-state index < -0.39 is 0 Å². The van der Waals surface area contributed by atoms with Crippen LogP contribution in [-0.2, 0) is 0 Å². The predicted molar refractivity (Wildman–Crippen MR) is 108 cm³/mol. The monoisotopic (exact) mass is 339 g/mol. The Morgan fingerprint density at radius 3 is 1.67 bits per heavy atom. The minimum Gasteiger partial charge on any atom is -0.330 e. The summed E-state index contributed by atoms with van der Waals surface area (Å²) in [4.78, 5) is 2.64. The second-order valence-electron chi connectivity index (χ2n) is 6.43. The molecule has 0 atom stereocenters. The highest BCUT2D eigenvalue weighted by Gasteiger charge is 2.04. The fourth-order valence-corrected chi connectivity index (χ4v) is 2.82. The van der Waals surface area contributed by atoms with E-state index >= 15 is 0 Å². The number of hydrogen-bond donors (Lipinski definition) is 1. The van der Waals surface area contributed by atoms with Gasteiger partial charge in [-0.05, 0) is 58.3 Å². The number of unbranched alkanes of at least 4 members (excludes halogenated alkanes) is 10. The van der Waals surface area contributed by atoms with Crippen LogP contribution in [0.5, 0.6) is 0 Å². The lowest BCUT2D eigenvalue weighted by Gasteiger charge is -2.22. The average molecular weight is 340 g/mol. The minimum absolute atomic E-state index is 0.716. The molecule has 0 saturated carbocycles. The van der Waals surface area contributed by atoms with Crippen molar-refractivity contribution < 1.29 is 0 Å². The largest absolute Gasteiger partial charge is 0.330 e. The summed E-state index contributed by atoms with van der Waals surface area (Å²) in [5.74, 6) is 0. The lowest BCUT2D eigenvalue weighted by molar-refractivity contribution is 0.255. The molecule has 24 heavy (non-hydrogen) atoms. The van der Waals surface area contributed by atoms with Crippen LogP contribution in [0.2, 0.25) is 0 Å². The quantitative estimate of drug-likeness (QED) is 0.336. The van der Waals surface area contributed by atoms with E-state index in [1.165, 1.54) is 83.8 Å². The van der Waals surface area contributed by atoms with Crippen LogP contribution in [0.3, 0.4) is 0 Å². The molecule has 0 spiro atoms. The normalized spacial score (nSPS) is 10.3. The van der Waals surface area contributed by atoms with Crippen molar-refractivity contribution in [3.8, 4) is 6.07 Å². The van der Waals surface area contributed by atoms with Crippen LogP contribution >= 0.6 is 0 Å². The summed E-state index contributed by atoms with van der Waals surface area (Å²) in [7, 11) is 0. The van der Waals surface area contributed by atoms with Gasteiger partial charge in [-0.1, -0.05) is 65.7 Å². The number of hydrogen-bond acceptors (Lipinski definition) is 3. The highest BCUT2D eigenvalue weighted by molar-refractivity contribution is 4.68. The molecule has 0 amide bonds. The topological polar surface area (TPSA) is 53.0 Å². The van der Waals surface area contributed by atoms with Crippen LogP contribution in [0, 0.1) is 11.3 Å². The predicted octanol–water partition coefficient (Wildman–Crippen LogP) is 5.89. The Hall–Kier alpha value is -0.590. The standard InChI is InChI=1S/C19H39N3.C2H6/c1-2-3-4-5-7-12-17-22(19-14-9-11-16-21)18-13-8-6-10-15-20;1-2/h2-14,16-19,21H2,1H3;1-2H3. The van der Waals surface area contributed by atoms with Crippen LogP contribution in [-0.4, -0.2) is 31.1 Å². The van der Waals surface area contributed by atoms with Crippen molar-refractivity contribution in [2.75, 3.05) is 26.2 Å². The van der Waals surface area contributed by atoms with Gasteiger partial charge in [0.15, 0.2) is 0 Å². The zero-order chi connectivity index (χ0) is 18.3. The summed E-state index contributed by atoms with van der Waals surface area (Å²) in [6.07, 6.45) is 16.2. The summed E-state index contributed by atoms with van der Waals surface area (Å²) in [5.41, 5.74) is 5.57. The molecule has 144 valence electrons. The van der Waals surface area contributed by atoms with Crippen molar-refractivity contribution in [3.05, 3.63) is 0 Å². The number of nitrogens with zero attached hydrogens (tertiary/aromatic N) is 2. The van der Waals surface area contributed by atoms with E-state index in [0.29, 0.717) is 6.42 Å². The van der Waals surface area contributed by atoms with E-state index in [4.69, 9.17) is 11.0 Å². The molecule has 0 unspecified atom stereocenters. The highest BCUT2D eigenvalue weighted by atomic mass is 15.1. The molecule has 0 fully saturated rings. The van der Waals surface area contributed by atoms with Crippen molar-refractivity contribution in [2.45, 2.75) is 104 Å². The Labute approximate surface area is 153 Å². The smallest absolute Gasteiger partial charge is 0.0621 e. The minimum atomic E-state index is 0.716. The van der Waals surface area contributed by atoms with Gasteiger partial charge in [-0.2, -0.15) is 5.26 Å². The first-order valence-electron chi connectivity index (χ1n) is 10.6. The first-order chi connectivity index (χ1) is 11.8. The number of nitrogens with two attached hydrogens (primary N) is 1. The van der Waals surface area contributed by atoms with Gasteiger partial charge in [0.05, 0.1) is 6.07 Å². The SMILES string of the molecule is CC.CCCCCCCCN(CCCCCN)CCCCCC#N. The van der Waals surface area contributed by atoms with Gasteiger partial charge in [-0.15, -0.1) is 0 Å². The van der Waals surface area contributed by atoms with E-state index in [9.17, 15) is 0 Å². The van der Waals surface area contributed by atoms with Gasteiger partial charge in [0.1, 0.15) is 0 Å². The number of nitriles is 1. The third kappa shape index (κ3) is 21.4. The Balaban J connectivity index is 0. The maximum atomic E-state index is 8.58. The summed E-state index contributed by atoms with van der Waals surface area (Å²) < 4.78 is 0. The van der Waals surface area contributed by atoms with E-state index in [1.54, 1.807) is 0 Å². The van der Waals surface area contributed by atoms with E-state index in [0.717, 1.165) is 19.4 Å². The Kier molecular flexibility index (Phi) is 26.4. The van der Waals surface area contributed by atoms with E-state index in [-0.39, 0.29) is 0 Å². The molecular formula is C21H45N3. The Morgan fingerprint density at radius 1 is 0.708 bits per heavy atom. The molecule has 0 aliphatic rings. The van der Waals surface area contributed by atoms with Gasteiger partial charge in [0.2, 0.25) is 0 Å². The summed E-state index contributed by atoms with van der Waals surface area (Å²) in [6.45, 7) is 10.8. The third-order valence-corrected chi connectivity index (χ3v) is 4.27. The van der Waals surface area contributed by atoms with E-state index in [1.807, 2.05) is 13.8 Å². The highest BCUT2D eigenvalue weighted by Crippen LogP contribution is 2.09. The Morgan fingerprint density at radius 2 is 1.17 bits per heavy atom. The molecule has 0 radical (unpaired) electrons. The van der Waals surface area contributed by atoms with Gasteiger partial charge in [0.25, 0.3) is 0 Å². The van der Waals surface area contributed by atoms with Crippen molar-refractivity contribution in [3.63, 3.8) is 0 Å². The molecule has 0 heterocycles. The van der Waals surface area contributed by atoms with Crippen LogP contribution in [0.15, 0.2) is 0 Å². The molecule has 0 aliphatic heterocycles. The molecular weight excluding hydrogens is 294 g/mol. The number of rotatable bonds is 17. The molecule has 0 rings (SSSR count). The summed E-state index contributed by atoms with van der Waals surface area (Å²) in [6, 6.07) is 2.24. The van der Waals surface area contributed by atoms with Crippen molar-refractivity contribution in [1.29, 1.82) is 5.26 Å². The van der Waals surface area contributed by atoms with Gasteiger partial charge in [-0.25, -0.2) is 0 Å². The first-order valence-corrected chi connectivity index (χ1v) is 10.6. The fraction of sp³-hybridized carbons (Fsp3) is 0.952. The molecule has 0 aromatic carbocycles. The van der Waals surface area contributed by atoms with E-state index in [2.05, 4.69) is 17.9 Å². The molecule has 0 bridgehead atoms. The molecule has 3 heteroatoms. The molecule has 2 N–H and O–H groups in total. The van der Waals surface area contributed by atoms with Crippen LogP contribution in [0.4, 0.5) is 0 Å². The lowest BCUT2D eigenvalue weighted by atomic mass is 10.1. The first kappa shape index (κ1) is 25.6. The van der Waals surface area contributed by atoms with Gasteiger partial charge >= 0.3 is 0 Å². The maximum Gasteiger partial charge on any atom is 0.0621 e. The molecule has 3 nitrogen and oxygen atoms in total. The fourth-order valence-electron chi connectivity index (χ4n) is 2.82. The summed E-state index contributed by atoms with van der Waals surface area (Å²) in [5, 5.41) is 8.58. The van der Waals surface area contributed by atoms with Gasteiger partial charge < -0.3 is 10.6 Å². The molecule has 0 saturated heterocycles. The van der Waals surface area contributed by atoms with Crippen molar-refractivity contribution >= 4 is 0 Å². The second-order valence-corrected chi connectivity index (χ2v) is 6.43.